The molecule has 1 atom stereocenters. The van der Waals surface area contributed by atoms with Crippen LogP contribution in [0, 0.1) is 0 Å². The standard InChI is InChI=1S/C23H26N6O4S2/c1-14-10-19-20(13-25-14)34-22(26-19)23(30)28-6-8-29(9-7-28)35(32,33)18-5-4-15-2-3-16(21(24)27-31)11-17(15)12-18/h2-5,11-12,14,25,31H,6-10,13H2,1H3,(H2,24,27). The molecule has 5 rings (SSSR count). The summed E-state index contributed by atoms with van der Waals surface area (Å²) in [6.45, 7) is 3.84. The number of piperazine rings is 1. The van der Waals surface area contributed by atoms with Gasteiger partial charge in [-0.2, -0.15) is 4.31 Å². The van der Waals surface area contributed by atoms with Gasteiger partial charge < -0.3 is 21.2 Å². The number of nitrogens with zero attached hydrogens (tertiary/aromatic N) is 4. The van der Waals surface area contributed by atoms with Crippen LogP contribution in [0.2, 0.25) is 0 Å². The van der Waals surface area contributed by atoms with Gasteiger partial charge >= 0.3 is 0 Å². The predicted molar refractivity (Wildman–Crippen MR) is 133 cm³/mol. The molecule has 35 heavy (non-hydrogen) atoms. The number of oxime groups is 1. The first kappa shape index (κ1) is 23.7. The maximum atomic E-state index is 13.3. The molecule has 1 fully saturated rings. The molecule has 12 heteroatoms. The number of thiazole rings is 1. The largest absolute Gasteiger partial charge is 0.409 e. The highest BCUT2D eigenvalue weighted by Crippen LogP contribution is 2.26. The molecule has 2 aliphatic heterocycles. The van der Waals surface area contributed by atoms with Gasteiger partial charge in [-0.3, -0.25) is 4.79 Å². The molecule has 1 unspecified atom stereocenters. The minimum Gasteiger partial charge on any atom is -0.409 e. The van der Waals surface area contributed by atoms with Crippen molar-refractivity contribution in [1.29, 1.82) is 0 Å². The third-order valence-corrected chi connectivity index (χ3v) is 9.43. The average molecular weight is 515 g/mol. The van der Waals surface area contributed by atoms with E-state index in [-0.39, 0.29) is 29.7 Å². The van der Waals surface area contributed by atoms with Crippen molar-refractivity contribution in [3.63, 3.8) is 0 Å². The van der Waals surface area contributed by atoms with Gasteiger partial charge in [-0.1, -0.05) is 23.4 Å². The second-order valence-electron chi connectivity index (χ2n) is 8.78. The Morgan fingerprint density at radius 2 is 1.91 bits per heavy atom. The third kappa shape index (κ3) is 4.49. The summed E-state index contributed by atoms with van der Waals surface area (Å²) in [6.07, 6.45) is 0.803. The van der Waals surface area contributed by atoms with Gasteiger partial charge in [0, 0.05) is 55.6 Å². The van der Waals surface area contributed by atoms with Gasteiger partial charge in [-0.15, -0.1) is 11.3 Å². The number of sulfonamides is 1. The molecule has 184 valence electrons. The van der Waals surface area contributed by atoms with E-state index in [1.165, 1.54) is 15.6 Å². The normalized spacial score (nSPS) is 19.6. The highest BCUT2D eigenvalue weighted by Gasteiger charge is 2.32. The molecule has 0 saturated carbocycles. The van der Waals surface area contributed by atoms with E-state index in [1.54, 1.807) is 41.3 Å². The fourth-order valence-electron chi connectivity index (χ4n) is 4.42. The molecule has 0 spiro atoms. The fraction of sp³-hybridized carbons (Fsp3) is 0.348. The molecular formula is C23H26N6O4S2. The van der Waals surface area contributed by atoms with Crippen molar-refractivity contribution in [3.8, 4) is 0 Å². The molecule has 0 aliphatic carbocycles. The first-order chi connectivity index (χ1) is 16.8. The number of aromatic nitrogens is 1. The Bertz CT molecular complexity index is 1430. The van der Waals surface area contributed by atoms with Crippen LogP contribution in [0.15, 0.2) is 46.4 Å². The predicted octanol–water partition coefficient (Wildman–Crippen LogP) is 1.57. The zero-order valence-electron chi connectivity index (χ0n) is 19.1. The second-order valence-corrected chi connectivity index (χ2v) is 11.8. The molecule has 1 saturated heterocycles. The van der Waals surface area contributed by atoms with Crippen molar-refractivity contribution in [2.24, 2.45) is 10.9 Å². The molecular weight excluding hydrogens is 488 g/mol. The summed E-state index contributed by atoms with van der Waals surface area (Å²) in [5, 5.41) is 17.3. The summed E-state index contributed by atoms with van der Waals surface area (Å²) in [5.41, 5.74) is 7.15. The molecule has 3 heterocycles. The first-order valence-electron chi connectivity index (χ1n) is 11.3. The summed E-state index contributed by atoms with van der Waals surface area (Å²) < 4.78 is 28.1. The zero-order chi connectivity index (χ0) is 24.7. The minimum absolute atomic E-state index is 0.0483. The number of rotatable bonds is 4. The van der Waals surface area contributed by atoms with Crippen LogP contribution in [0.1, 0.15) is 32.9 Å². The van der Waals surface area contributed by atoms with Gasteiger partial charge in [0.15, 0.2) is 10.8 Å². The lowest BCUT2D eigenvalue weighted by atomic mass is 10.1. The van der Waals surface area contributed by atoms with Gasteiger partial charge in [-0.25, -0.2) is 13.4 Å². The first-order valence-corrected chi connectivity index (χ1v) is 13.5. The molecule has 2 aliphatic rings. The number of carbonyl (C=O) groups is 1. The zero-order valence-corrected chi connectivity index (χ0v) is 20.8. The number of hydrogen-bond donors (Lipinski definition) is 3. The number of hydrogen-bond acceptors (Lipinski definition) is 8. The highest BCUT2D eigenvalue weighted by molar-refractivity contribution is 7.89. The molecule has 0 bridgehead atoms. The second kappa shape index (κ2) is 9.19. The summed E-state index contributed by atoms with van der Waals surface area (Å²) in [5.74, 6) is -0.191. The van der Waals surface area contributed by atoms with Crippen LogP contribution in [-0.4, -0.2) is 71.8 Å². The summed E-state index contributed by atoms with van der Waals surface area (Å²) in [6, 6.07) is 10.4. The quantitative estimate of drug-likeness (QED) is 0.208. The van der Waals surface area contributed by atoms with Crippen molar-refractivity contribution in [2.75, 3.05) is 26.2 Å². The number of benzene rings is 2. The van der Waals surface area contributed by atoms with E-state index < -0.39 is 10.0 Å². The van der Waals surface area contributed by atoms with Gasteiger partial charge in [0.2, 0.25) is 10.0 Å². The third-order valence-electron chi connectivity index (χ3n) is 6.45. The minimum atomic E-state index is -3.75. The molecule has 0 radical (unpaired) electrons. The molecule has 2 aromatic carbocycles. The SMILES string of the molecule is CC1Cc2nc(C(=O)N3CCN(S(=O)(=O)c4ccc5ccc(C(N)=NO)cc5c4)CC3)sc2CN1. The van der Waals surface area contributed by atoms with Gasteiger partial charge in [0.1, 0.15) is 0 Å². The smallest absolute Gasteiger partial charge is 0.282 e. The number of fused-ring (bicyclic) bond motifs is 2. The van der Waals surface area contributed by atoms with Crippen LogP contribution >= 0.6 is 11.3 Å². The van der Waals surface area contributed by atoms with Gasteiger partial charge in [0.25, 0.3) is 5.91 Å². The van der Waals surface area contributed by atoms with Crippen molar-refractivity contribution >= 4 is 43.9 Å². The Kier molecular flexibility index (Phi) is 6.21. The van der Waals surface area contributed by atoms with E-state index in [4.69, 9.17) is 10.9 Å². The van der Waals surface area contributed by atoms with E-state index in [0.29, 0.717) is 35.1 Å². The lowest BCUT2D eigenvalue weighted by Gasteiger charge is -2.33. The number of amides is 1. The number of nitrogens with one attached hydrogen (secondary N) is 1. The van der Waals surface area contributed by atoms with Crippen LogP contribution in [0.4, 0.5) is 0 Å². The van der Waals surface area contributed by atoms with E-state index in [0.717, 1.165) is 28.9 Å². The summed E-state index contributed by atoms with van der Waals surface area (Å²) >= 11 is 1.42. The Labute approximate surface area is 207 Å². The van der Waals surface area contributed by atoms with Gasteiger partial charge in [-0.05, 0) is 35.9 Å². The van der Waals surface area contributed by atoms with E-state index in [9.17, 15) is 13.2 Å². The average Bonchev–Trinajstić information content (AvgIpc) is 3.30. The lowest BCUT2D eigenvalue weighted by molar-refractivity contribution is 0.0697. The van der Waals surface area contributed by atoms with Crippen LogP contribution in [0.5, 0.6) is 0 Å². The maximum absolute atomic E-state index is 13.3. The Morgan fingerprint density at radius 3 is 2.66 bits per heavy atom. The fourth-order valence-corrected chi connectivity index (χ4v) is 6.89. The Hall–Kier alpha value is -3.06. The molecule has 10 nitrogen and oxygen atoms in total. The van der Waals surface area contributed by atoms with Gasteiger partial charge in [0.05, 0.1) is 10.6 Å². The van der Waals surface area contributed by atoms with E-state index >= 15 is 0 Å². The van der Waals surface area contributed by atoms with Crippen LogP contribution in [0.3, 0.4) is 0 Å². The molecule has 4 N–H and O–H groups in total. The van der Waals surface area contributed by atoms with E-state index in [1.807, 2.05) is 0 Å². The van der Waals surface area contributed by atoms with Crippen LogP contribution in [-0.2, 0) is 23.0 Å². The number of amidine groups is 1. The topological polar surface area (TPSA) is 141 Å². The highest BCUT2D eigenvalue weighted by atomic mass is 32.2. The summed E-state index contributed by atoms with van der Waals surface area (Å²) in [4.78, 5) is 20.5. The molecule has 3 aromatic rings. The molecule has 1 amide bonds. The van der Waals surface area contributed by atoms with E-state index in [2.05, 4.69) is 22.4 Å². The summed E-state index contributed by atoms with van der Waals surface area (Å²) in [7, 11) is -3.75. The van der Waals surface area contributed by atoms with Crippen molar-refractivity contribution < 1.29 is 18.4 Å². The van der Waals surface area contributed by atoms with Crippen molar-refractivity contribution in [3.05, 3.63) is 57.5 Å². The monoisotopic (exact) mass is 514 g/mol. The van der Waals surface area contributed by atoms with Crippen molar-refractivity contribution in [2.45, 2.75) is 30.8 Å². The number of nitrogens with two attached hydrogens (primary N) is 1. The molecule has 1 aromatic heterocycles. The maximum Gasteiger partial charge on any atom is 0.282 e. The Morgan fingerprint density at radius 1 is 1.17 bits per heavy atom. The Balaban J connectivity index is 1.30. The number of carbonyl (C=O) groups excluding carboxylic acids is 1. The van der Waals surface area contributed by atoms with Crippen molar-refractivity contribution in [1.82, 2.24) is 19.5 Å². The van der Waals surface area contributed by atoms with Crippen LogP contribution in [0.25, 0.3) is 10.8 Å². The van der Waals surface area contributed by atoms with Crippen LogP contribution < -0.4 is 11.1 Å². The lowest BCUT2D eigenvalue weighted by Crippen LogP contribution is -2.50.